The largest absolute Gasteiger partial charge is 0.487 e. The molecule has 0 fully saturated rings. The first kappa shape index (κ1) is 19.3. The number of rotatable bonds is 5. The molecule has 7 heteroatoms. The van der Waals surface area contributed by atoms with Gasteiger partial charge in [-0.2, -0.15) is 0 Å². The quantitative estimate of drug-likeness (QED) is 0.641. The van der Waals surface area contributed by atoms with E-state index in [4.69, 9.17) is 4.74 Å². The van der Waals surface area contributed by atoms with Crippen LogP contribution in [0.15, 0.2) is 42.5 Å². The molecule has 4 rings (SSSR count). The lowest BCUT2D eigenvalue weighted by Crippen LogP contribution is -2.34. The van der Waals surface area contributed by atoms with Gasteiger partial charge in [-0.05, 0) is 50.2 Å². The molecule has 148 valence electrons. The second-order valence-electron chi connectivity index (χ2n) is 6.98. The number of fused-ring (bicyclic) bond motifs is 1. The van der Waals surface area contributed by atoms with E-state index in [0.717, 1.165) is 16.1 Å². The van der Waals surface area contributed by atoms with E-state index in [1.807, 2.05) is 13.0 Å². The van der Waals surface area contributed by atoms with E-state index >= 15 is 0 Å². The Hall–Kier alpha value is -3.06. The number of nitrogens with one attached hydrogen (secondary N) is 1. The summed E-state index contributed by atoms with van der Waals surface area (Å²) < 4.78 is 20.2. The summed E-state index contributed by atoms with van der Waals surface area (Å²) in [5.74, 6) is -0.0466. The molecule has 0 saturated heterocycles. The van der Waals surface area contributed by atoms with Gasteiger partial charge in [-0.15, -0.1) is 11.3 Å². The van der Waals surface area contributed by atoms with E-state index in [9.17, 15) is 14.0 Å². The van der Waals surface area contributed by atoms with E-state index in [1.165, 1.54) is 30.4 Å². The third kappa shape index (κ3) is 4.05. The van der Waals surface area contributed by atoms with E-state index < -0.39 is 0 Å². The summed E-state index contributed by atoms with van der Waals surface area (Å²) >= 11 is 1.31. The number of carbonyl (C=O) groups is 2. The summed E-state index contributed by atoms with van der Waals surface area (Å²) in [6, 6.07) is 11.7. The molecule has 3 aromatic rings. The van der Waals surface area contributed by atoms with Crippen molar-refractivity contribution in [1.82, 2.24) is 10.3 Å². The molecule has 0 spiro atoms. The Kier molecular flexibility index (Phi) is 5.15. The van der Waals surface area contributed by atoms with Gasteiger partial charge in [-0.25, -0.2) is 9.37 Å². The molecule has 1 atom stereocenters. The fourth-order valence-electron chi connectivity index (χ4n) is 3.33. The van der Waals surface area contributed by atoms with Crippen molar-refractivity contribution in [3.8, 4) is 16.2 Å². The average molecular weight is 410 g/mol. The van der Waals surface area contributed by atoms with Crippen LogP contribution >= 0.6 is 11.3 Å². The monoisotopic (exact) mass is 410 g/mol. The standard InChI is InChI=1S/C22H19FN2O3S/c1-12-4-3-5-18(25-12)22(27)24-11-16-9-14-8-15(23)10-17(21(14)28-16)20-7-6-19(29-20)13(2)26/h3-8,10,16H,9,11H2,1-2H3,(H,24,27)/t16-/m0/s1. The normalized spacial score (nSPS) is 14.9. The van der Waals surface area contributed by atoms with Crippen molar-refractivity contribution in [1.29, 1.82) is 0 Å². The molecule has 0 radical (unpaired) electrons. The summed E-state index contributed by atoms with van der Waals surface area (Å²) in [5, 5.41) is 2.83. The number of ether oxygens (including phenoxy) is 1. The van der Waals surface area contributed by atoms with E-state index in [2.05, 4.69) is 10.3 Å². The van der Waals surface area contributed by atoms with Crippen molar-refractivity contribution in [3.05, 3.63) is 70.1 Å². The van der Waals surface area contributed by atoms with Gasteiger partial charge in [-0.1, -0.05) is 6.07 Å². The Balaban J connectivity index is 1.50. The highest BCUT2D eigenvalue weighted by molar-refractivity contribution is 7.17. The van der Waals surface area contributed by atoms with Gasteiger partial charge in [0.1, 0.15) is 23.4 Å². The molecular formula is C22H19FN2O3S. The number of thiophene rings is 1. The van der Waals surface area contributed by atoms with Gasteiger partial charge in [0.05, 0.1) is 11.4 Å². The Bertz CT molecular complexity index is 1110. The van der Waals surface area contributed by atoms with Crippen LogP contribution in [0.1, 0.15) is 38.3 Å². The molecule has 1 aromatic carbocycles. The van der Waals surface area contributed by atoms with Crippen LogP contribution in [0.5, 0.6) is 5.75 Å². The van der Waals surface area contributed by atoms with E-state index in [0.29, 0.717) is 28.3 Å². The number of carbonyl (C=O) groups excluding carboxylic acids is 2. The highest BCUT2D eigenvalue weighted by Crippen LogP contribution is 2.42. The molecule has 1 amide bonds. The molecule has 0 aliphatic carbocycles. The minimum Gasteiger partial charge on any atom is -0.487 e. The zero-order valence-corrected chi connectivity index (χ0v) is 16.8. The molecule has 5 nitrogen and oxygen atoms in total. The molecule has 0 saturated carbocycles. The Morgan fingerprint density at radius 1 is 1.28 bits per heavy atom. The van der Waals surface area contributed by atoms with E-state index in [1.54, 1.807) is 24.3 Å². The second kappa shape index (κ2) is 7.75. The number of aromatic nitrogens is 1. The van der Waals surface area contributed by atoms with Crippen LogP contribution in [0, 0.1) is 12.7 Å². The molecular weight excluding hydrogens is 391 g/mol. The van der Waals surface area contributed by atoms with Crippen LogP contribution < -0.4 is 10.1 Å². The zero-order chi connectivity index (χ0) is 20.5. The van der Waals surface area contributed by atoms with Crippen molar-refractivity contribution in [2.24, 2.45) is 0 Å². The summed E-state index contributed by atoms with van der Waals surface area (Å²) in [4.78, 5) is 29.5. The number of hydrogen-bond donors (Lipinski definition) is 1. The number of pyridine rings is 1. The first-order valence-corrected chi connectivity index (χ1v) is 10.0. The summed E-state index contributed by atoms with van der Waals surface area (Å²) in [5.41, 5.74) is 2.50. The first-order chi connectivity index (χ1) is 13.9. The predicted molar refractivity (Wildman–Crippen MR) is 109 cm³/mol. The summed E-state index contributed by atoms with van der Waals surface area (Å²) in [6.45, 7) is 3.61. The molecule has 1 aliphatic heterocycles. The first-order valence-electron chi connectivity index (χ1n) is 9.23. The number of nitrogens with zero attached hydrogens (tertiary/aromatic N) is 1. The number of benzene rings is 1. The van der Waals surface area contributed by atoms with Crippen LogP contribution in [-0.4, -0.2) is 29.3 Å². The summed E-state index contributed by atoms with van der Waals surface area (Å²) in [7, 11) is 0. The van der Waals surface area contributed by atoms with Crippen molar-refractivity contribution in [2.45, 2.75) is 26.4 Å². The predicted octanol–water partition coefficient (Wildman–Crippen LogP) is 4.19. The van der Waals surface area contributed by atoms with Crippen molar-refractivity contribution in [3.63, 3.8) is 0 Å². The van der Waals surface area contributed by atoms with Crippen LogP contribution in [0.3, 0.4) is 0 Å². The lowest BCUT2D eigenvalue weighted by Gasteiger charge is -2.13. The molecule has 2 aromatic heterocycles. The number of Topliss-reactive ketones (excluding diaryl/α,β-unsaturated/α-hetero) is 1. The van der Waals surface area contributed by atoms with Gasteiger partial charge in [-0.3, -0.25) is 9.59 Å². The highest BCUT2D eigenvalue weighted by atomic mass is 32.1. The zero-order valence-electron chi connectivity index (χ0n) is 16.0. The lowest BCUT2D eigenvalue weighted by molar-refractivity contribution is 0.0928. The molecule has 3 heterocycles. The van der Waals surface area contributed by atoms with Crippen LogP contribution in [-0.2, 0) is 6.42 Å². The number of halogens is 1. The molecule has 0 bridgehead atoms. The second-order valence-corrected chi connectivity index (χ2v) is 8.06. The number of aryl methyl sites for hydroxylation is 1. The van der Waals surface area contributed by atoms with Crippen LogP contribution in [0.25, 0.3) is 10.4 Å². The van der Waals surface area contributed by atoms with Crippen LogP contribution in [0.4, 0.5) is 4.39 Å². The molecule has 29 heavy (non-hydrogen) atoms. The number of amides is 1. The number of hydrogen-bond acceptors (Lipinski definition) is 5. The minimum atomic E-state index is -0.353. The third-order valence-electron chi connectivity index (χ3n) is 4.69. The molecule has 1 aliphatic rings. The Labute approximate surface area is 171 Å². The minimum absolute atomic E-state index is 0.0273. The fourth-order valence-corrected chi connectivity index (χ4v) is 4.24. The Morgan fingerprint density at radius 2 is 2.10 bits per heavy atom. The maximum atomic E-state index is 14.2. The molecule has 0 unspecified atom stereocenters. The van der Waals surface area contributed by atoms with Crippen molar-refractivity contribution < 1.29 is 18.7 Å². The Morgan fingerprint density at radius 3 is 2.83 bits per heavy atom. The summed E-state index contributed by atoms with van der Waals surface area (Å²) in [6.07, 6.45) is 0.193. The molecule has 1 N–H and O–H groups in total. The maximum Gasteiger partial charge on any atom is 0.270 e. The lowest BCUT2D eigenvalue weighted by atomic mass is 10.0. The van der Waals surface area contributed by atoms with Gasteiger partial charge in [0, 0.05) is 28.1 Å². The third-order valence-corrected chi connectivity index (χ3v) is 5.91. The van der Waals surface area contributed by atoms with Gasteiger partial charge in [0.15, 0.2) is 5.78 Å². The maximum absolute atomic E-state index is 14.2. The highest BCUT2D eigenvalue weighted by Gasteiger charge is 2.28. The fraction of sp³-hybridized carbons (Fsp3) is 0.227. The van der Waals surface area contributed by atoms with E-state index in [-0.39, 0.29) is 30.2 Å². The van der Waals surface area contributed by atoms with Gasteiger partial charge in [0.25, 0.3) is 5.91 Å². The van der Waals surface area contributed by atoms with Crippen molar-refractivity contribution >= 4 is 23.0 Å². The van der Waals surface area contributed by atoms with Gasteiger partial charge in [0.2, 0.25) is 0 Å². The number of ketones is 1. The van der Waals surface area contributed by atoms with Gasteiger partial charge >= 0.3 is 0 Å². The van der Waals surface area contributed by atoms with Crippen LogP contribution in [0.2, 0.25) is 0 Å². The van der Waals surface area contributed by atoms with Crippen molar-refractivity contribution in [2.75, 3.05) is 6.54 Å². The van der Waals surface area contributed by atoms with Gasteiger partial charge < -0.3 is 10.1 Å². The smallest absolute Gasteiger partial charge is 0.270 e. The SMILES string of the molecule is CC(=O)c1ccc(-c2cc(F)cc3c2O[C@H](CNC(=O)c2cccc(C)n2)C3)s1. The topological polar surface area (TPSA) is 68.3 Å². The average Bonchev–Trinajstić information content (AvgIpc) is 3.32.